The number of carbonyl (C=O) groups is 3. The molecule has 0 aromatic heterocycles. The summed E-state index contributed by atoms with van der Waals surface area (Å²) in [5.41, 5.74) is 6.86. The van der Waals surface area contributed by atoms with Crippen LogP contribution in [0.25, 0.3) is 10.4 Å². The van der Waals surface area contributed by atoms with Gasteiger partial charge in [0.15, 0.2) is 6.10 Å². The van der Waals surface area contributed by atoms with E-state index in [1.807, 2.05) is 0 Å². The molecular weight excluding hydrogens is 420 g/mol. The van der Waals surface area contributed by atoms with Gasteiger partial charge in [-0.25, -0.2) is 4.79 Å². The minimum atomic E-state index is -1.97. The summed E-state index contributed by atoms with van der Waals surface area (Å²) in [7, 11) is 0. The van der Waals surface area contributed by atoms with Crippen molar-refractivity contribution in [2.45, 2.75) is 84.2 Å². The molecule has 1 fully saturated rings. The Morgan fingerprint density at radius 2 is 1.58 bits per heavy atom. The van der Waals surface area contributed by atoms with E-state index in [4.69, 9.17) is 24.5 Å². The second-order valence-electron chi connectivity index (χ2n) is 8.62. The lowest BCUT2D eigenvalue weighted by Gasteiger charge is -2.42. The van der Waals surface area contributed by atoms with Crippen molar-refractivity contribution < 1.29 is 43.3 Å². The van der Waals surface area contributed by atoms with E-state index in [1.54, 1.807) is 41.5 Å². The van der Waals surface area contributed by atoms with Gasteiger partial charge in [0.2, 0.25) is 6.29 Å². The Balaban J connectivity index is 3.57. The highest BCUT2D eigenvalue weighted by atomic mass is 17.0. The molecule has 1 aliphatic heterocycles. The van der Waals surface area contributed by atoms with Crippen molar-refractivity contribution in [1.29, 1.82) is 0 Å². The fraction of sp³-hybridized carbons (Fsp3) is 0.824. The number of rotatable bonds is 6. The van der Waals surface area contributed by atoms with Crippen LogP contribution in [0.1, 0.15) is 48.5 Å². The highest BCUT2D eigenvalue weighted by Gasteiger charge is 2.56. The Morgan fingerprint density at radius 3 is 2.00 bits per heavy atom. The molecule has 5 atom stereocenters. The molecule has 0 spiro atoms. The quantitative estimate of drug-likeness (QED) is 0.111. The first kappa shape index (κ1) is 25.9. The number of carbonyl (C=O) groups excluding carboxylic acids is 3. The molecule has 0 aromatic carbocycles. The summed E-state index contributed by atoms with van der Waals surface area (Å²) in [6.07, 6.45) is -5.47. The molecule has 1 aliphatic rings. The van der Waals surface area contributed by atoms with Crippen LogP contribution in [0, 0.1) is 16.0 Å². The monoisotopic (exact) mass is 446 g/mol. The molecule has 0 aromatic rings. The zero-order valence-corrected chi connectivity index (χ0v) is 18.3. The third-order valence-corrected chi connectivity index (χ3v) is 3.57. The minimum Gasteiger partial charge on any atom is -0.461 e. The summed E-state index contributed by atoms with van der Waals surface area (Å²) >= 11 is 0. The first-order valence-electron chi connectivity index (χ1n) is 9.19. The van der Waals surface area contributed by atoms with Gasteiger partial charge < -0.3 is 18.9 Å². The minimum absolute atomic E-state index is 0.915. The average molecular weight is 446 g/mol. The largest absolute Gasteiger partial charge is 0.461 e. The van der Waals surface area contributed by atoms with Crippen LogP contribution in [0.3, 0.4) is 0 Å². The summed E-state index contributed by atoms with van der Waals surface area (Å²) in [6.45, 7) is 10.3. The van der Waals surface area contributed by atoms with Crippen molar-refractivity contribution in [2.24, 2.45) is 11.0 Å². The van der Waals surface area contributed by atoms with Crippen molar-refractivity contribution in [1.82, 2.24) is 0 Å². The Hall–Kier alpha value is -3.12. The van der Waals surface area contributed by atoms with E-state index in [9.17, 15) is 24.5 Å². The molecule has 0 amide bonds. The predicted molar refractivity (Wildman–Crippen MR) is 100 cm³/mol. The smallest absolute Gasteiger partial charge is 0.336 e. The first-order chi connectivity index (χ1) is 14.1. The maximum absolute atomic E-state index is 13.0. The van der Waals surface area contributed by atoms with Gasteiger partial charge in [-0.15, -0.1) is 10.1 Å². The van der Waals surface area contributed by atoms with Gasteiger partial charge in [-0.2, -0.15) is 0 Å². The summed E-state index contributed by atoms with van der Waals surface area (Å²) in [5.74, 6) is -4.70. The number of nitrogens with zero attached hydrogens (tertiary/aromatic N) is 4. The van der Waals surface area contributed by atoms with Crippen molar-refractivity contribution in [2.75, 3.05) is 0 Å². The van der Waals surface area contributed by atoms with E-state index in [-0.39, 0.29) is 0 Å². The first-order valence-corrected chi connectivity index (χ1v) is 9.19. The molecule has 1 heterocycles. The molecule has 0 N–H and O–H groups in total. The van der Waals surface area contributed by atoms with Crippen molar-refractivity contribution in [3.8, 4) is 0 Å². The SMILES string of the molecule is CC(=O)O[C@H]1[C@@H](C(=O)OC(C)(C)C)[C@@H](C(=O)OC(C)(C)C)OC(O[N+](=O)[O-])[C@@H]1N=[N+]=[N-]. The maximum atomic E-state index is 13.0. The number of esters is 3. The fourth-order valence-electron chi connectivity index (χ4n) is 2.73. The highest BCUT2D eigenvalue weighted by molar-refractivity contribution is 5.85. The number of ether oxygens (including phenoxy) is 4. The molecule has 0 aliphatic carbocycles. The lowest BCUT2D eigenvalue weighted by molar-refractivity contribution is -0.783. The fourth-order valence-corrected chi connectivity index (χ4v) is 2.73. The van der Waals surface area contributed by atoms with Crippen molar-refractivity contribution in [3.05, 3.63) is 20.6 Å². The lowest BCUT2D eigenvalue weighted by Crippen LogP contribution is -2.61. The van der Waals surface area contributed by atoms with Crippen LogP contribution in [-0.2, 0) is 38.2 Å². The molecular formula is C17H26N4O10. The van der Waals surface area contributed by atoms with Gasteiger partial charge in [-0.05, 0) is 47.1 Å². The maximum Gasteiger partial charge on any atom is 0.336 e. The molecule has 1 saturated heterocycles. The Labute approximate surface area is 177 Å². The lowest BCUT2D eigenvalue weighted by atomic mass is 9.87. The molecule has 0 bridgehead atoms. The topological polar surface area (TPSA) is 189 Å². The molecule has 14 heteroatoms. The second kappa shape index (κ2) is 9.79. The van der Waals surface area contributed by atoms with Crippen LogP contribution >= 0.6 is 0 Å². The average Bonchev–Trinajstić information content (AvgIpc) is 2.53. The highest BCUT2D eigenvalue weighted by Crippen LogP contribution is 2.34. The van der Waals surface area contributed by atoms with Crippen LogP contribution in [0.5, 0.6) is 0 Å². The van der Waals surface area contributed by atoms with E-state index >= 15 is 0 Å². The van der Waals surface area contributed by atoms with Gasteiger partial charge in [-0.3, -0.25) is 14.4 Å². The summed E-state index contributed by atoms with van der Waals surface area (Å²) < 4.78 is 21.0. The van der Waals surface area contributed by atoms with Crippen LogP contribution in [0.4, 0.5) is 0 Å². The van der Waals surface area contributed by atoms with Crippen LogP contribution in [0.15, 0.2) is 5.11 Å². The molecule has 31 heavy (non-hydrogen) atoms. The molecule has 1 unspecified atom stereocenters. The van der Waals surface area contributed by atoms with E-state index in [2.05, 4.69) is 14.9 Å². The van der Waals surface area contributed by atoms with Gasteiger partial charge in [0.1, 0.15) is 29.3 Å². The zero-order valence-electron chi connectivity index (χ0n) is 18.3. The van der Waals surface area contributed by atoms with Crippen LogP contribution < -0.4 is 0 Å². The van der Waals surface area contributed by atoms with E-state index < -0.39 is 64.7 Å². The number of hydrogen-bond acceptors (Lipinski definition) is 11. The van der Waals surface area contributed by atoms with Crippen LogP contribution in [-0.4, -0.2) is 58.7 Å². The van der Waals surface area contributed by atoms with Crippen LogP contribution in [0.2, 0.25) is 0 Å². The van der Waals surface area contributed by atoms with Gasteiger partial charge in [0.25, 0.3) is 5.09 Å². The van der Waals surface area contributed by atoms with Crippen molar-refractivity contribution in [3.63, 3.8) is 0 Å². The number of hydrogen-bond donors (Lipinski definition) is 0. The molecule has 0 radical (unpaired) electrons. The molecule has 1 rings (SSSR count). The molecule has 174 valence electrons. The van der Waals surface area contributed by atoms with Gasteiger partial charge in [0, 0.05) is 11.8 Å². The molecule has 14 nitrogen and oxygen atoms in total. The van der Waals surface area contributed by atoms with E-state index in [0.717, 1.165) is 6.92 Å². The summed E-state index contributed by atoms with van der Waals surface area (Å²) in [5, 5.41) is 13.0. The van der Waals surface area contributed by atoms with Gasteiger partial charge in [-0.1, -0.05) is 5.11 Å². The van der Waals surface area contributed by atoms with Gasteiger partial charge in [0.05, 0.1) is 0 Å². The number of azide groups is 1. The van der Waals surface area contributed by atoms with Crippen molar-refractivity contribution >= 4 is 17.9 Å². The third-order valence-electron chi connectivity index (χ3n) is 3.57. The standard InChI is InChI=1S/C17H26N4O10/c1-8(22)27-11-9(13(23)29-16(2,3)4)12(14(24)30-17(5,6)7)28-15(31-21(25)26)10(11)19-20-18/h9-12,15H,1-7H3/t9-,10-,11+,12+,15?/m1/s1. The third kappa shape index (κ3) is 7.90. The summed E-state index contributed by atoms with van der Waals surface area (Å²) in [4.78, 5) is 55.3. The van der Waals surface area contributed by atoms with E-state index in [0.29, 0.717) is 0 Å². The Morgan fingerprint density at radius 1 is 1.06 bits per heavy atom. The summed E-state index contributed by atoms with van der Waals surface area (Å²) in [6, 6.07) is -1.68. The normalized spacial score (nSPS) is 26.1. The zero-order chi connectivity index (χ0) is 24.1. The second-order valence-corrected chi connectivity index (χ2v) is 8.62. The van der Waals surface area contributed by atoms with Gasteiger partial charge >= 0.3 is 17.9 Å². The predicted octanol–water partition coefficient (Wildman–Crippen LogP) is 1.83. The molecule has 0 saturated carbocycles. The Bertz CT molecular complexity index is 766. The van der Waals surface area contributed by atoms with E-state index in [1.165, 1.54) is 0 Å². The Kier molecular flexibility index (Phi) is 8.19.